The van der Waals surface area contributed by atoms with Crippen molar-refractivity contribution in [3.8, 4) is 0 Å². The van der Waals surface area contributed by atoms with E-state index in [1.54, 1.807) is 4.90 Å². The summed E-state index contributed by atoms with van der Waals surface area (Å²) in [5.74, 6) is -0.719. The highest BCUT2D eigenvalue weighted by atomic mass is 16.4. The molecule has 1 saturated carbocycles. The summed E-state index contributed by atoms with van der Waals surface area (Å²) < 4.78 is 0. The minimum atomic E-state index is -0.867. The largest absolute Gasteiger partial charge is 0.480 e. The van der Waals surface area contributed by atoms with Gasteiger partial charge in [0.2, 0.25) is 5.91 Å². The molecule has 0 aromatic carbocycles. The number of amides is 3. The molecule has 144 valence electrons. The van der Waals surface area contributed by atoms with Crippen LogP contribution in [-0.4, -0.2) is 76.5 Å². The molecule has 7 nitrogen and oxygen atoms in total. The molecule has 3 heterocycles. The first-order valence-electron chi connectivity index (χ1n) is 10.1. The van der Waals surface area contributed by atoms with E-state index in [0.717, 1.165) is 58.0 Å². The Morgan fingerprint density at radius 3 is 2.27 bits per heavy atom. The van der Waals surface area contributed by atoms with Gasteiger partial charge in [-0.15, -0.1) is 0 Å². The Bertz CT molecular complexity index is 589. The molecule has 0 spiro atoms. The van der Waals surface area contributed by atoms with Crippen LogP contribution in [0.2, 0.25) is 0 Å². The lowest BCUT2D eigenvalue weighted by molar-refractivity contribution is -0.152. The molecule has 1 aliphatic carbocycles. The highest BCUT2D eigenvalue weighted by Crippen LogP contribution is 2.43. The summed E-state index contributed by atoms with van der Waals surface area (Å²) >= 11 is 0. The fourth-order valence-electron chi connectivity index (χ4n) is 5.54. The monoisotopic (exact) mass is 363 g/mol. The number of carboxylic acid groups (broad SMARTS) is 1. The van der Waals surface area contributed by atoms with Crippen molar-refractivity contribution in [1.82, 2.24) is 14.7 Å². The lowest BCUT2D eigenvalue weighted by atomic mass is 9.93. The second-order valence-electron chi connectivity index (χ2n) is 8.39. The zero-order valence-electron chi connectivity index (χ0n) is 15.3. The van der Waals surface area contributed by atoms with Crippen LogP contribution in [-0.2, 0) is 9.59 Å². The number of piperidine rings is 1. The fourth-order valence-corrected chi connectivity index (χ4v) is 5.54. The molecule has 3 aliphatic heterocycles. The van der Waals surface area contributed by atoms with E-state index in [1.807, 2.05) is 9.80 Å². The van der Waals surface area contributed by atoms with Gasteiger partial charge in [-0.1, -0.05) is 6.42 Å². The molecule has 0 aromatic rings. The molecular formula is C19H29N3O4. The predicted molar refractivity (Wildman–Crippen MR) is 94.5 cm³/mol. The van der Waals surface area contributed by atoms with Crippen molar-refractivity contribution in [2.24, 2.45) is 17.8 Å². The lowest BCUT2D eigenvalue weighted by Crippen LogP contribution is -2.52. The van der Waals surface area contributed by atoms with Gasteiger partial charge < -0.3 is 19.8 Å². The number of carbonyl (C=O) groups is 3. The van der Waals surface area contributed by atoms with Crippen LogP contribution in [0.1, 0.15) is 44.9 Å². The van der Waals surface area contributed by atoms with Gasteiger partial charge in [-0.05, 0) is 50.4 Å². The van der Waals surface area contributed by atoms with Crippen molar-refractivity contribution in [1.29, 1.82) is 0 Å². The van der Waals surface area contributed by atoms with E-state index in [9.17, 15) is 19.5 Å². The van der Waals surface area contributed by atoms with Gasteiger partial charge in [0.25, 0.3) is 0 Å². The summed E-state index contributed by atoms with van der Waals surface area (Å²) in [4.78, 5) is 42.9. The molecule has 0 radical (unpaired) electrons. The van der Waals surface area contributed by atoms with Crippen molar-refractivity contribution in [2.45, 2.75) is 51.0 Å². The van der Waals surface area contributed by atoms with Gasteiger partial charge in [-0.3, -0.25) is 4.79 Å². The van der Waals surface area contributed by atoms with Crippen molar-refractivity contribution in [3.05, 3.63) is 0 Å². The van der Waals surface area contributed by atoms with E-state index in [0.29, 0.717) is 25.6 Å². The SMILES string of the molecule is O=C(O)C1C2CCCC2CN1C(=O)C1CCCN(C(=O)N2CCCC2)C1. The molecule has 0 aromatic heterocycles. The molecule has 4 rings (SSSR count). The van der Waals surface area contributed by atoms with Crippen LogP contribution in [0.15, 0.2) is 0 Å². The van der Waals surface area contributed by atoms with Crippen LogP contribution in [0.25, 0.3) is 0 Å². The van der Waals surface area contributed by atoms with Crippen LogP contribution in [0.3, 0.4) is 0 Å². The van der Waals surface area contributed by atoms with Crippen LogP contribution in [0.4, 0.5) is 4.79 Å². The Balaban J connectivity index is 1.43. The van der Waals surface area contributed by atoms with Gasteiger partial charge in [0.15, 0.2) is 0 Å². The number of nitrogens with zero attached hydrogens (tertiary/aromatic N) is 3. The lowest BCUT2D eigenvalue weighted by Gasteiger charge is -2.37. The number of carbonyl (C=O) groups excluding carboxylic acids is 2. The number of carboxylic acids is 1. The summed E-state index contributed by atoms with van der Waals surface area (Å²) in [6.07, 6.45) is 6.69. The molecule has 4 atom stereocenters. The molecule has 7 heteroatoms. The standard InChI is InChI=1S/C19H29N3O4/c23-17(22-12-13-5-3-7-15(13)16(22)18(24)25)14-6-4-10-21(11-14)19(26)20-8-1-2-9-20/h13-16H,1-12H2,(H,24,25). The van der Waals surface area contributed by atoms with E-state index < -0.39 is 12.0 Å². The third-order valence-electron chi connectivity index (χ3n) is 6.84. The van der Waals surface area contributed by atoms with E-state index in [2.05, 4.69) is 0 Å². The number of fused-ring (bicyclic) bond motifs is 1. The summed E-state index contributed by atoms with van der Waals surface area (Å²) in [7, 11) is 0. The topological polar surface area (TPSA) is 81.2 Å². The maximum Gasteiger partial charge on any atom is 0.326 e. The third-order valence-corrected chi connectivity index (χ3v) is 6.84. The average molecular weight is 363 g/mol. The number of likely N-dealkylation sites (tertiary alicyclic amines) is 3. The van der Waals surface area contributed by atoms with Gasteiger partial charge in [0.1, 0.15) is 6.04 Å². The van der Waals surface area contributed by atoms with Gasteiger partial charge in [0.05, 0.1) is 5.92 Å². The average Bonchev–Trinajstić information content (AvgIpc) is 3.36. The minimum Gasteiger partial charge on any atom is -0.480 e. The number of urea groups is 1. The zero-order valence-corrected chi connectivity index (χ0v) is 15.3. The van der Waals surface area contributed by atoms with Crippen molar-refractivity contribution >= 4 is 17.9 Å². The molecule has 3 saturated heterocycles. The Hall–Kier alpha value is -1.79. The zero-order chi connectivity index (χ0) is 18.3. The maximum absolute atomic E-state index is 13.1. The first-order valence-corrected chi connectivity index (χ1v) is 10.1. The molecule has 4 unspecified atom stereocenters. The summed E-state index contributed by atoms with van der Waals surface area (Å²) in [5, 5.41) is 9.70. The summed E-state index contributed by atoms with van der Waals surface area (Å²) in [5.41, 5.74) is 0. The Morgan fingerprint density at radius 2 is 1.54 bits per heavy atom. The first kappa shape index (κ1) is 17.6. The Kier molecular flexibility index (Phi) is 4.80. The summed E-state index contributed by atoms with van der Waals surface area (Å²) in [6.45, 7) is 3.34. The molecule has 4 aliphatic rings. The fraction of sp³-hybridized carbons (Fsp3) is 0.842. The minimum absolute atomic E-state index is 0.0491. The highest BCUT2D eigenvalue weighted by molar-refractivity contribution is 5.87. The van der Waals surface area contributed by atoms with E-state index in [-0.39, 0.29) is 23.8 Å². The van der Waals surface area contributed by atoms with Crippen molar-refractivity contribution in [3.63, 3.8) is 0 Å². The first-order chi connectivity index (χ1) is 12.6. The van der Waals surface area contributed by atoms with E-state index in [4.69, 9.17) is 0 Å². The molecule has 4 fully saturated rings. The van der Waals surface area contributed by atoms with Gasteiger partial charge >= 0.3 is 12.0 Å². The molecule has 26 heavy (non-hydrogen) atoms. The van der Waals surface area contributed by atoms with Crippen molar-refractivity contribution < 1.29 is 19.5 Å². The smallest absolute Gasteiger partial charge is 0.326 e. The molecule has 0 bridgehead atoms. The van der Waals surface area contributed by atoms with Crippen LogP contribution in [0.5, 0.6) is 0 Å². The van der Waals surface area contributed by atoms with E-state index >= 15 is 0 Å². The van der Waals surface area contributed by atoms with Crippen LogP contribution in [0, 0.1) is 17.8 Å². The highest BCUT2D eigenvalue weighted by Gasteiger charge is 2.50. The van der Waals surface area contributed by atoms with Gasteiger partial charge in [-0.25, -0.2) is 9.59 Å². The molecule has 1 N–H and O–H groups in total. The predicted octanol–water partition coefficient (Wildman–Crippen LogP) is 1.63. The van der Waals surface area contributed by atoms with Crippen LogP contribution < -0.4 is 0 Å². The molecule has 3 amide bonds. The number of rotatable bonds is 2. The van der Waals surface area contributed by atoms with Gasteiger partial charge in [0, 0.05) is 32.7 Å². The third kappa shape index (κ3) is 3.05. The Morgan fingerprint density at radius 1 is 0.808 bits per heavy atom. The second-order valence-corrected chi connectivity index (χ2v) is 8.39. The van der Waals surface area contributed by atoms with E-state index in [1.165, 1.54) is 0 Å². The maximum atomic E-state index is 13.1. The summed E-state index contributed by atoms with van der Waals surface area (Å²) in [6, 6.07) is -0.618. The second kappa shape index (κ2) is 7.08. The number of aliphatic carboxylic acids is 1. The quantitative estimate of drug-likeness (QED) is 0.808. The number of hydrogen-bond acceptors (Lipinski definition) is 3. The number of hydrogen-bond donors (Lipinski definition) is 1. The van der Waals surface area contributed by atoms with Gasteiger partial charge in [-0.2, -0.15) is 0 Å². The van der Waals surface area contributed by atoms with Crippen LogP contribution >= 0.6 is 0 Å². The Labute approximate surface area is 154 Å². The normalized spacial score (nSPS) is 34.2. The van der Waals surface area contributed by atoms with Crippen molar-refractivity contribution in [2.75, 3.05) is 32.7 Å². The molecular weight excluding hydrogens is 334 g/mol.